The molecule has 1 saturated carbocycles. The summed E-state index contributed by atoms with van der Waals surface area (Å²) in [7, 11) is 0. The smallest absolute Gasteiger partial charge is 0.267 e. The molecule has 174 valence electrons. The van der Waals surface area contributed by atoms with Gasteiger partial charge in [0.15, 0.2) is 0 Å². The Kier molecular flexibility index (Phi) is 6.22. The van der Waals surface area contributed by atoms with E-state index in [0.717, 1.165) is 48.6 Å². The van der Waals surface area contributed by atoms with Crippen molar-refractivity contribution in [3.63, 3.8) is 0 Å². The monoisotopic (exact) mass is 494 g/mol. The molecule has 9 heteroatoms. The number of thioether (sulfide) groups is 1. The summed E-state index contributed by atoms with van der Waals surface area (Å²) in [4.78, 5) is 33.3. The maximum absolute atomic E-state index is 13.5. The van der Waals surface area contributed by atoms with Crippen LogP contribution in [0.15, 0.2) is 52.3 Å². The number of nitrogens with zero attached hydrogens (tertiary/aromatic N) is 3. The largest absolute Gasteiger partial charge is 0.367 e. The number of hydrogen-bond acceptors (Lipinski definition) is 6. The van der Waals surface area contributed by atoms with Crippen molar-refractivity contribution >= 4 is 51.7 Å². The van der Waals surface area contributed by atoms with E-state index in [2.05, 4.69) is 5.32 Å². The van der Waals surface area contributed by atoms with Crippen LogP contribution in [0.1, 0.15) is 42.4 Å². The van der Waals surface area contributed by atoms with Crippen LogP contribution in [0.2, 0.25) is 0 Å². The second-order valence-corrected chi connectivity index (χ2v) is 10.3. The van der Waals surface area contributed by atoms with Crippen LogP contribution in [-0.4, -0.2) is 30.6 Å². The lowest BCUT2D eigenvalue weighted by Crippen LogP contribution is -2.27. The van der Waals surface area contributed by atoms with Gasteiger partial charge < -0.3 is 5.32 Å². The van der Waals surface area contributed by atoms with Crippen LogP contribution in [0.3, 0.4) is 0 Å². The summed E-state index contributed by atoms with van der Waals surface area (Å²) >= 11 is 6.61. The van der Waals surface area contributed by atoms with E-state index in [4.69, 9.17) is 17.2 Å². The van der Waals surface area contributed by atoms with Gasteiger partial charge in [0, 0.05) is 12.2 Å². The number of aromatic nitrogens is 2. The van der Waals surface area contributed by atoms with Crippen LogP contribution in [-0.2, 0) is 11.3 Å². The van der Waals surface area contributed by atoms with Gasteiger partial charge in [-0.3, -0.25) is 18.9 Å². The van der Waals surface area contributed by atoms with Crippen molar-refractivity contribution in [2.24, 2.45) is 0 Å². The van der Waals surface area contributed by atoms with Crippen molar-refractivity contribution in [2.45, 2.75) is 45.2 Å². The van der Waals surface area contributed by atoms with E-state index in [1.165, 1.54) is 21.4 Å². The highest BCUT2D eigenvalue weighted by Gasteiger charge is 2.33. The number of nitrogens with one attached hydrogen (secondary N) is 1. The molecule has 1 amide bonds. The van der Waals surface area contributed by atoms with Gasteiger partial charge in [0.1, 0.15) is 21.6 Å². The minimum atomic E-state index is -0.337. The number of halogens is 1. The summed E-state index contributed by atoms with van der Waals surface area (Å²) in [6.45, 7) is 2.16. The van der Waals surface area contributed by atoms with Crippen molar-refractivity contribution in [1.82, 2.24) is 14.3 Å². The molecule has 3 heterocycles. The third-order valence-electron chi connectivity index (χ3n) is 6.18. The predicted molar refractivity (Wildman–Crippen MR) is 137 cm³/mol. The first-order valence-corrected chi connectivity index (χ1v) is 12.4. The first kappa shape index (κ1) is 22.7. The molecule has 1 saturated heterocycles. The van der Waals surface area contributed by atoms with Gasteiger partial charge in [0.2, 0.25) is 0 Å². The van der Waals surface area contributed by atoms with E-state index in [-0.39, 0.29) is 29.9 Å². The standard InChI is InChI=1S/C25H23FN4O2S2/c1-15-5-4-12-29-22(15)28-21(27-18-6-2-3-7-18)19(23(29)31)13-20-24(32)30(25(33)34-20)14-16-8-10-17(26)11-9-16/h4-5,8-13,18,27H,2-3,6-7,14H2,1H3. The van der Waals surface area contributed by atoms with E-state index >= 15 is 0 Å². The van der Waals surface area contributed by atoms with E-state index in [0.29, 0.717) is 26.3 Å². The van der Waals surface area contributed by atoms with Gasteiger partial charge in [-0.05, 0) is 55.2 Å². The highest BCUT2D eigenvalue weighted by atomic mass is 32.2. The number of thiocarbonyl (C=S) groups is 1. The number of fused-ring (bicyclic) bond motifs is 1. The van der Waals surface area contributed by atoms with Crippen LogP contribution >= 0.6 is 24.0 Å². The van der Waals surface area contributed by atoms with Crippen LogP contribution in [0.4, 0.5) is 10.2 Å². The van der Waals surface area contributed by atoms with Crippen molar-refractivity contribution in [3.8, 4) is 0 Å². The summed E-state index contributed by atoms with van der Waals surface area (Å²) < 4.78 is 15.2. The van der Waals surface area contributed by atoms with Gasteiger partial charge in [0.25, 0.3) is 11.5 Å². The number of carbonyl (C=O) groups excluding carboxylic acids is 1. The van der Waals surface area contributed by atoms with E-state index in [1.807, 2.05) is 13.0 Å². The number of rotatable bonds is 5. The fourth-order valence-corrected chi connectivity index (χ4v) is 5.59. The lowest BCUT2D eigenvalue weighted by atomic mass is 10.2. The SMILES string of the molecule is Cc1cccn2c(=O)c(C=C3SC(=S)N(Cc4ccc(F)cc4)C3=O)c(NC3CCCC3)nc12. The molecule has 0 atom stereocenters. The first-order chi connectivity index (χ1) is 16.4. The minimum absolute atomic E-state index is 0.238. The maximum atomic E-state index is 13.5. The zero-order valence-electron chi connectivity index (χ0n) is 18.6. The number of anilines is 1. The summed E-state index contributed by atoms with van der Waals surface area (Å²) in [6, 6.07) is 9.94. The average Bonchev–Trinajstić information content (AvgIpc) is 3.42. The summed E-state index contributed by atoms with van der Waals surface area (Å²) in [5.74, 6) is -0.120. The number of hydrogen-bond donors (Lipinski definition) is 1. The minimum Gasteiger partial charge on any atom is -0.367 e. The Labute approximate surface area is 205 Å². The first-order valence-electron chi connectivity index (χ1n) is 11.2. The summed E-state index contributed by atoms with van der Waals surface area (Å²) in [5, 5.41) is 3.45. The molecular weight excluding hydrogens is 471 g/mol. The third-order valence-corrected chi connectivity index (χ3v) is 7.56. The topological polar surface area (TPSA) is 66.7 Å². The Morgan fingerprint density at radius 2 is 1.94 bits per heavy atom. The highest BCUT2D eigenvalue weighted by molar-refractivity contribution is 8.26. The lowest BCUT2D eigenvalue weighted by molar-refractivity contribution is -0.122. The van der Waals surface area contributed by atoms with E-state index < -0.39 is 0 Å². The molecular formula is C25H23FN4O2S2. The Hall–Kier alpha value is -3.04. The fraction of sp³-hybridized carbons (Fsp3) is 0.280. The van der Waals surface area contributed by atoms with Gasteiger partial charge >= 0.3 is 0 Å². The average molecular weight is 495 g/mol. The molecule has 0 radical (unpaired) electrons. The zero-order chi connectivity index (χ0) is 23.8. The van der Waals surface area contributed by atoms with E-state index in [9.17, 15) is 14.0 Å². The van der Waals surface area contributed by atoms with Crippen molar-refractivity contribution in [3.05, 3.63) is 80.4 Å². The Bertz CT molecular complexity index is 1380. The molecule has 34 heavy (non-hydrogen) atoms. The molecule has 0 unspecified atom stereocenters. The van der Waals surface area contributed by atoms with Crippen molar-refractivity contribution < 1.29 is 9.18 Å². The van der Waals surface area contributed by atoms with Crippen LogP contribution < -0.4 is 10.9 Å². The van der Waals surface area contributed by atoms with E-state index in [1.54, 1.807) is 30.5 Å². The second kappa shape index (κ2) is 9.31. The molecule has 1 N–H and O–H groups in total. The molecule has 1 aliphatic heterocycles. The molecule has 2 aromatic heterocycles. The number of pyridine rings is 1. The second-order valence-electron chi connectivity index (χ2n) is 8.58. The van der Waals surface area contributed by atoms with Gasteiger partial charge in [0.05, 0.1) is 17.0 Å². The van der Waals surface area contributed by atoms with Crippen molar-refractivity contribution in [2.75, 3.05) is 5.32 Å². The Morgan fingerprint density at radius 1 is 1.21 bits per heavy atom. The van der Waals surface area contributed by atoms with Crippen LogP contribution in [0.5, 0.6) is 0 Å². The van der Waals surface area contributed by atoms with Gasteiger partial charge in [-0.25, -0.2) is 9.37 Å². The van der Waals surface area contributed by atoms with Crippen LogP contribution in [0, 0.1) is 12.7 Å². The molecule has 1 aliphatic carbocycles. The van der Waals surface area contributed by atoms with Crippen LogP contribution in [0.25, 0.3) is 11.7 Å². The number of carbonyl (C=O) groups is 1. The van der Waals surface area contributed by atoms with Gasteiger partial charge in [-0.2, -0.15) is 0 Å². The molecule has 6 nitrogen and oxygen atoms in total. The molecule has 1 aromatic carbocycles. The van der Waals surface area contributed by atoms with Gasteiger partial charge in [-0.1, -0.05) is 55.0 Å². The Morgan fingerprint density at radius 3 is 2.68 bits per heavy atom. The lowest BCUT2D eigenvalue weighted by Gasteiger charge is -2.16. The number of benzene rings is 1. The highest BCUT2D eigenvalue weighted by Crippen LogP contribution is 2.34. The zero-order valence-corrected chi connectivity index (χ0v) is 20.2. The molecule has 2 fully saturated rings. The number of amides is 1. The Balaban J connectivity index is 1.53. The molecule has 0 bridgehead atoms. The molecule has 0 spiro atoms. The molecule has 2 aliphatic rings. The normalized spacial score (nSPS) is 17.9. The fourth-order valence-electron chi connectivity index (χ4n) is 4.36. The maximum Gasteiger partial charge on any atom is 0.267 e. The van der Waals surface area contributed by atoms with Gasteiger partial charge in [-0.15, -0.1) is 0 Å². The molecule has 5 rings (SSSR count). The third kappa shape index (κ3) is 4.37. The quantitative estimate of drug-likeness (QED) is 0.402. The summed E-state index contributed by atoms with van der Waals surface area (Å²) in [6.07, 6.45) is 7.61. The number of aryl methyl sites for hydroxylation is 1. The van der Waals surface area contributed by atoms with Crippen molar-refractivity contribution in [1.29, 1.82) is 0 Å². The predicted octanol–water partition coefficient (Wildman–Crippen LogP) is 4.90. The molecule has 3 aromatic rings. The summed E-state index contributed by atoms with van der Waals surface area (Å²) in [5.41, 5.74) is 2.36.